The van der Waals surface area contributed by atoms with E-state index >= 15 is 0 Å². The minimum Gasteiger partial charge on any atom is -0.491 e. The predicted molar refractivity (Wildman–Crippen MR) is 82.8 cm³/mol. The second-order valence-electron chi connectivity index (χ2n) is 5.78. The van der Waals surface area contributed by atoms with Crippen LogP contribution in [0.5, 0.6) is 5.75 Å². The molecule has 0 aliphatic carbocycles. The fraction of sp³-hybridized carbons (Fsp3) is 0.500. The van der Waals surface area contributed by atoms with Gasteiger partial charge in [-0.25, -0.2) is 9.67 Å². The van der Waals surface area contributed by atoms with Crippen LogP contribution < -0.4 is 10.1 Å². The third-order valence-corrected chi connectivity index (χ3v) is 3.88. The lowest BCUT2D eigenvalue weighted by atomic mass is 10.1. The molecular formula is C16H22N4O2. The molecular weight excluding hydrogens is 280 g/mol. The van der Waals surface area contributed by atoms with Crippen LogP contribution in [0.4, 0.5) is 0 Å². The van der Waals surface area contributed by atoms with E-state index < -0.39 is 6.10 Å². The zero-order chi connectivity index (χ0) is 15.4. The van der Waals surface area contributed by atoms with Crippen molar-refractivity contribution in [2.75, 3.05) is 13.2 Å². The topological polar surface area (TPSA) is 72.2 Å². The monoisotopic (exact) mass is 302 g/mol. The van der Waals surface area contributed by atoms with Gasteiger partial charge in [0, 0.05) is 19.0 Å². The Morgan fingerprint density at radius 3 is 3.27 bits per heavy atom. The van der Waals surface area contributed by atoms with Gasteiger partial charge in [0.15, 0.2) is 0 Å². The van der Waals surface area contributed by atoms with Crippen LogP contribution in [-0.2, 0) is 13.0 Å². The molecule has 3 rings (SSSR count). The van der Waals surface area contributed by atoms with Crippen LogP contribution in [0.2, 0.25) is 0 Å². The average molecular weight is 302 g/mol. The van der Waals surface area contributed by atoms with Crippen LogP contribution in [0.3, 0.4) is 0 Å². The third kappa shape index (κ3) is 3.84. The molecule has 2 N–H and O–H groups in total. The molecule has 2 atom stereocenters. The number of aliphatic hydroxyl groups excluding tert-OH is 1. The molecule has 118 valence electrons. The van der Waals surface area contributed by atoms with E-state index in [0.717, 1.165) is 36.5 Å². The maximum Gasteiger partial charge on any atom is 0.138 e. The maximum absolute atomic E-state index is 10.0. The van der Waals surface area contributed by atoms with Gasteiger partial charge in [-0.1, -0.05) is 12.1 Å². The summed E-state index contributed by atoms with van der Waals surface area (Å²) in [6, 6.07) is 8.16. The summed E-state index contributed by atoms with van der Waals surface area (Å²) in [5.74, 6) is 1.84. The summed E-state index contributed by atoms with van der Waals surface area (Å²) < 4.78 is 7.54. The minimum atomic E-state index is -0.530. The zero-order valence-electron chi connectivity index (χ0n) is 12.8. The van der Waals surface area contributed by atoms with E-state index in [2.05, 4.69) is 15.4 Å². The quantitative estimate of drug-likeness (QED) is 0.830. The Kier molecular flexibility index (Phi) is 4.70. The maximum atomic E-state index is 10.0. The third-order valence-electron chi connectivity index (χ3n) is 3.88. The molecule has 0 spiro atoms. The van der Waals surface area contributed by atoms with Crippen molar-refractivity contribution in [2.45, 2.75) is 38.5 Å². The highest BCUT2D eigenvalue weighted by Crippen LogP contribution is 2.13. The van der Waals surface area contributed by atoms with Gasteiger partial charge in [-0.2, -0.15) is 5.10 Å². The summed E-state index contributed by atoms with van der Waals surface area (Å²) in [5.41, 5.74) is 1.15. The number of nitrogens with zero attached hydrogens (tertiary/aromatic N) is 3. The summed E-state index contributed by atoms with van der Waals surface area (Å²) in [5, 5.41) is 17.6. The highest BCUT2D eigenvalue weighted by molar-refractivity contribution is 5.27. The molecule has 0 amide bonds. The van der Waals surface area contributed by atoms with Crippen molar-refractivity contribution in [3.8, 4) is 5.75 Å². The van der Waals surface area contributed by atoms with E-state index in [0.29, 0.717) is 12.6 Å². The fourth-order valence-corrected chi connectivity index (χ4v) is 2.66. The van der Waals surface area contributed by atoms with Crippen LogP contribution in [0.15, 0.2) is 30.6 Å². The van der Waals surface area contributed by atoms with Crippen molar-refractivity contribution in [1.29, 1.82) is 0 Å². The number of fused-ring (bicyclic) bond motifs is 1. The minimum absolute atomic E-state index is 0.289. The van der Waals surface area contributed by atoms with Gasteiger partial charge in [-0.3, -0.25) is 0 Å². The Morgan fingerprint density at radius 2 is 2.41 bits per heavy atom. The van der Waals surface area contributed by atoms with Crippen LogP contribution in [0.1, 0.15) is 17.8 Å². The molecule has 0 radical (unpaired) electrons. The van der Waals surface area contributed by atoms with Crippen molar-refractivity contribution in [2.24, 2.45) is 0 Å². The Balaban J connectivity index is 1.40. The Hall–Kier alpha value is -1.92. The van der Waals surface area contributed by atoms with Crippen molar-refractivity contribution in [3.05, 3.63) is 42.0 Å². The average Bonchev–Trinajstić information content (AvgIpc) is 2.98. The number of benzene rings is 1. The number of hydrogen-bond acceptors (Lipinski definition) is 5. The molecule has 0 bridgehead atoms. The molecule has 0 saturated carbocycles. The van der Waals surface area contributed by atoms with Gasteiger partial charge in [-0.05, 0) is 31.0 Å². The molecule has 6 nitrogen and oxygen atoms in total. The first-order valence-corrected chi connectivity index (χ1v) is 7.68. The summed E-state index contributed by atoms with van der Waals surface area (Å²) in [6.45, 7) is 3.63. The molecule has 6 heteroatoms. The Bertz CT molecular complexity index is 614. The lowest BCUT2D eigenvalue weighted by Gasteiger charge is -2.24. The largest absolute Gasteiger partial charge is 0.491 e. The molecule has 0 saturated heterocycles. The first-order chi connectivity index (χ1) is 10.7. The van der Waals surface area contributed by atoms with Crippen LogP contribution in [-0.4, -0.2) is 45.2 Å². The van der Waals surface area contributed by atoms with Crippen LogP contribution >= 0.6 is 0 Å². The van der Waals surface area contributed by atoms with E-state index in [9.17, 15) is 5.11 Å². The molecule has 1 aliphatic rings. The molecule has 2 heterocycles. The van der Waals surface area contributed by atoms with Gasteiger partial charge in [0.1, 0.15) is 30.6 Å². The van der Waals surface area contributed by atoms with Crippen LogP contribution in [0.25, 0.3) is 0 Å². The number of rotatable bonds is 6. The van der Waals surface area contributed by atoms with E-state index in [4.69, 9.17) is 4.74 Å². The van der Waals surface area contributed by atoms with Crippen molar-refractivity contribution >= 4 is 0 Å². The first-order valence-electron chi connectivity index (χ1n) is 7.68. The second kappa shape index (κ2) is 6.89. The van der Waals surface area contributed by atoms with Gasteiger partial charge in [0.05, 0.1) is 6.54 Å². The van der Waals surface area contributed by atoms with Crippen LogP contribution in [0, 0.1) is 6.92 Å². The number of hydrogen-bond donors (Lipinski definition) is 2. The summed E-state index contributed by atoms with van der Waals surface area (Å²) in [4.78, 5) is 4.21. The summed E-state index contributed by atoms with van der Waals surface area (Å²) >= 11 is 0. The van der Waals surface area contributed by atoms with E-state index in [1.807, 2.05) is 35.9 Å². The standard InChI is InChI=1S/C16H22N4O2/c1-12-3-2-4-15(7-12)22-10-14(21)8-17-13-5-6-16-18-11-19-20(16)9-13/h2-4,7,11,13-14,17,21H,5-6,8-10H2,1H3/t13-,14-/m0/s1. The summed E-state index contributed by atoms with van der Waals surface area (Å²) in [7, 11) is 0. The number of aromatic nitrogens is 3. The molecule has 22 heavy (non-hydrogen) atoms. The number of aliphatic hydroxyl groups is 1. The van der Waals surface area contributed by atoms with E-state index in [1.54, 1.807) is 6.33 Å². The van der Waals surface area contributed by atoms with Crippen molar-refractivity contribution < 1.29 is 9.84 Å². The fourth-order valence-electron chi connectivity index (χ4n) is 2.66. The molecule has 1 aromatic carbocycles. The second-order valence-corrected chi connectivity index (χ2v) is 5.78. The highest BCUT2D eigenvalue weighted by atomic mass is 16.5. The van der Waals surface area contributed by atoms with E-state index in [1.165, 1.54) is 0 Å². The van der Waals surface area contributed by atoms with Gasteiger partial charge in [0.2, 0.25) is 0 Å². The normalized spacial score (nSPS) is 18.7. The lowest BCUT2D eigenvalue weighted by Crippen LogP contribution is -2.42. The Morgan fingerprint density at radius 1 is 1.50 bits per heavy atom. The highest BCUT2D eigenvalue weighted by Gasteiger charge is 2.20. The molecule has 1 aromatic heterocycles. The smallest absolute Gasteiger partial charge is 0.138 e. The summed E-state index contributed by atoms with van der Waals surface area (Å²) in [6.07, 6.45) is 3.01. The van der Waals surface area contributed by atoms with Crippen molar-refractivity contribution in [3.63, 3.8) is 0 Å². The SMILES string of the molecule is Cc1cccc(OC[C@@H](O)CN[C@H]2CCc3ncnn3C2)c1. The molecule has 0 fully saturated rings. The lowest BCUT2D eigenvalue weighted by molar-refractivity contribution is 0.101. The predicted octanol–water partition coefficient (Wildman–Crippen LogP) is 0.931. The number of aryl methyl sites for hydroxylation is 2. The molecule has 1 aliphatic heterocycles. The van der Waals surface area contributed by atoms with Gasteiger partial charge >= 0.3 is 0 Å². The van der Waals surface area contributed by atoms with E-state index in [-0.39, 0.29) is 6.61 Å². The number of ether oxygens (including phenoxy) is 1. The van der Waals surface area contributed by atoms with Gasteiger partial charge in [0.25, 0.3) is 0 Å². The Labute approximate surface area is 130 Å². The number of nitrogens with one attached hydrogen (secondary N) is 1. The van der Waals surface area contributed by atoms with Gasteiger partial charge < -0.3 is 15.2 Å². The zero-order valence-corrected chi connectivity index (χ0v) is 12.8. The molecule has 0 unspecified atom stereocenters. The van der Waals surface area contributed by atoms with Gasteiger partial charge in [-0.15, -0.1) is 0 Å². The molecule has 2 aromatic rings. The van der Waals surface area contributed by atoms with Crippen molar-refractivity contribution in [1.82, 2.24) is 20.1 Å². The first kappa shape index (κ1) is 15.0.